The fraction of sp³-hybridized carbons (Fsp3) is 0.364. The summed E-state index contributed by atoms with van der Waals surface area (Å²) in [5, 5.41) is 9.25. The molecule has 2 N–H and O–H groups in total. The van der Waals surface area contributed by atoms with Crippen LogP contribution < -0.4 is 4.72 Å². The van der Waals surface area contributed by atoms with Crippen molar-refractivity contribution in [3.63, 3.8) is 0 Å². The maximum atomic E-state index is 11.7. The molecule has 0 atom stereocenters. The summed E-state index contributed by atoms with van der Waals surface area (Å²) >= 11 is 5.69. The van der Waals surface area contributed by atoms with Gasteiger partial charge in [0.15, 0.2) is 0 Å². The van der Waals surface area contributed by atoms with E-state index in [-0.39, 0.29) is 27.9 Å². The van der Waals surface area contributed by atoms with Gasteiger partial charge in [0.1, 0.15) is 0 Å². The third kappa shape index (κ3) is 4.29. The average molecular weight is 292 g/mol. The van der Waals surface area contributed by atoms with Crippen LogP contribution >= 0.6 is 11.6 Å². The topological polar surface area (TPSA) is 83.5 Å². The first-order chi connectivity index (χ1) is 8.21. The largest absolute Gasteiger partial charge is 0.478 e. The monoisotopic (exact) mass is 291 g/mol. The van der Waals surface area contributed by atoms with E-state index in [9.17, 15) is 13.2 Å². The number of sulfonamides is 1. The molecule has 1 aromatic carbocycles. The van der Waals surface area contributed by atoms with Crippen molar-refractivity contribution < 1.29 is 18.3 Å². The minimum Gasteiger partial charge on any atom is -0.478 e. The lowest BCUT2D eigenvalue weighted by Crippen LogP contribution is -2.31. The second kappa shape index (κ2) is 5.69. The molecule has 18 heavy (non-hydrogen) atoms. The molecule has 0 fully saturated rings. The summed E-state index contributed by atoms with van der Waals surface area (Å²) in [4.78, 5) is 11.0. The van der Waals surface area contributed by atoms with Crippen molar-refractivity contribution in [3.05, 3.63) is 34.3 Å². The van der Waals surface area contributed by atoms with E-state index in [1.807, 2.05) is 0 Å². The number of carboxylic acids is 1. The Bertz CT molecular complexity index is 554. The summed E-state index contributed by atoms with van der Waals surface area (Å²) in [6, 6.07) is 3.87. The zero-order valence-corrected chi connectivity index (χ0v) is 11.5. The predicted molar refractivity (Wildman–Crippen MR) is 69.3 cm³/mol. The van der Waals surface area contributed by atoms with Gasteiger partial charge in [0, 0.05) is 11.1 Å². The second-order valence-corrected chi connectivity index (χ2v) is 6.33. The molecule has 0 unspecified atom stereocenters. The number of hydrogen-bond donors (Lipinski definition) is 2. The van der Waals surface area contributed by atoms with Gasteiger partial charge >= 0.3 is 5.97 Å². The molecule has 0 amide bonds. The molecule has 0 heterocycles. The first-order valence-electron chi connectivity index (χ1n) is 5.23. The Hall–Kier alpha value is -1.11. The van der Waals surface area contributed by atoms with Crippen molar-refractivity contribution in [2.45, 2.75) is 25.6 Å². The molecule has 0 aliphatic heterocycles. The highest BCUT2D eigenvalue weighted by Crippen LogP contribution is 2.18. The molecule has 0 radical (unpaired) electrons. The van der Waals surface area contributed by atoms with Gasteiger partial charge in [0.05, 0.1) is 11.3 Å². The highest BCUT2D eigenvalue weighted by atomic mass is 35.5. The standard InChI is InChI=1S/C11H14ClNO4S/c1-7(2)13-18(16,17)6-8-3-4-9(12)5-10(8)11(14)15/h3-5,7,13H,6H2,1-2H3,(H,14,15). The molecule has 0 saturated heterocycles. The third-order valence-corrected chi connectivity index (χ3v) is 3.82. The van der Waals surface area contributed by atoms with Gasteiger partial charge in [-0.2, -0.15) is 0 Å². The molecular formula is C11H14ClNO4S. The summed E-state index contributed by atoms with van der Waals surface area (Å²) in [5.74, 6) is -1.59. The Balaban J connectivity index is 3.08. The number of halogens is 1. The fourth-order valence-corrected chi connectivity index (χ4v) is 3.11. The highest BCUT2D eigenvalue weighted by molar-refractivity contribution is 7.88. The molecule has 1 aromatic rings. The number of aromatic carboxylic acids is 1. The average Bonchev–Trinajstić information content (AvgIpc) is 2.18. The molecule has 1 rings (SSSR count). The molecule has 0 saturated carbocycles. The first-order valence-corrected chi connectivity index (χ1v) is 7.26. The van der Waals surface area contributed by atoms with Crippen LogP contribution in [0.1, 0.15) is 29.8 Å². The Labute approximate surface area is 111 Å². The van der Waals surface area contributed by atoms with Gasteiger partial charge in [-0.15, -0.1) is 0 Å². The van der Waals surface area contributed by atoms with E-state index in [1.54, 1.807) is 13.8 Å². The molecule has 7 heteroatoms. The second-order valence-electron chi connectivity index (χ2n) is 4.14. The van der Waals surface area contributed by atoms with Crippen molar-refractivity contribution in [2.24, 2.45) is 0 Å². The minimum absolute atomic E-state index is 0.100. The van der Waals surface area contributed by atoms with Crippen LogP contribution in [-0.2, 0) is 15.8 Å². The lowest BCUT2D eigenvalue weighted by molar-refractivity contribution is 0.0696. The number of nitrogens with one attached hydrogen (secondary N) is 1. The Kier molecular flexibility index (Phi) is 4.72. The predicted octanol–water partition coefficient (Wildman–Crippen LogP) is 1.87. The van der Waals surface area contributed by atoms with Gasteiger partial charge in [-0.1, -0.05) is 17.7 Å². The Morgan fingerprint density at radius 1 is 1.44 bits per heavy atom. The molecule has 0 aliphatic rings. The van der Waals surface area contributed by atoms with Crippen molar-refractivity contribution in [1.82, 2.24) is 4.72 Å². The molecule has 0 bridgehead atoms. The number of carbonyl (C=O) groups is 1. The lowest BCUT2D eigenvalue weighted by Gasteiger charge is -2.11. The van der Waals surface area contributed by atoms with E-state index in [0.717, 1.165) is 0 Å². The van der Waals surface area contributed by atoms with Gasteiger partial charge in [-0.3, -0.25) is 0 Å². The Morgan fingerprint density at radius 3 is 2.56 bits per heavy atom. The molecule has 0 spiro atoms. The third-order valence-electron chi connectivity index (χ3n) is 2.06. The van der Waals surface area contributed by atoms with Crippen LogP contribution in [0.15, 0.2) is 18.2 Å². The Morgan fingerprint density at radius 2 is 2.06 bits per heavy atom. The molecule has 0 aromatic heterocycles. The van der Waals surface area contributed by atoms with E-state index in [4.69, 9.17) is 16.7 Å². The van der Waals surface area contributed by atoms with Crippen LogP contribution in [0.3, 0.4) is 0 Å². The molecule has 5 nitrogen and oxygen atoms in total. The number of carboxylic acid groups (broad SMARTS) is 1. The van der Waals surface area contributed by atoms with Crippen molar-refractivity contribution in [3.8, 4) is 0 Å². The van der Waals surface area contributed by atoms with E-state index >= 15 is 0 Å². The maximum absolute atomic E-state index is 11.7. The maximum Gasteiger partial charge on any atom is 0.336 e. The summed E-state index contributed by atoms with van der Waals surface area (Å²) in [6.07, 6.45) is 0. The summed E-state index contributed by atoms with van der Waals surface area (Å²) in [6.45, 7) is 3.38. The lowest BCUT2D eigenvalue weighted by atomic mass is 10.1. The van der Waals surface area contributed by atoms with Crippen molar-refractivity contribution in [2.75, 3.05) is 0 Å². The van der Waals surface area contributed by atoms with Crippen LogP contribution in [0.5, 0.6) is 0 Å². The summed E-state index contributed by atoms with van der Waals surface area (Å²) in [7, 11) is -3.56. The summed E-state index contributed by atoms with van der Waals surface area (Å²) in [5.41, 5.74) is 0.108. The quantitative estimate of drug-likeness (QED) is 0.867. The van der Waals surface area contributed by atoms with E-state index in [2.05, 4.69) is 4.72 Å². The van der Waals surface area contributed by atoms with Gasteiger partial charge < -0.3 is 5.11 Å². The zero-order chi connectivity index (χ0) is 13.9. The number of benzene rings is 1. The van der Waals surface area contributed by atoms with Gasteiger partial charge in [-0.05, 0) is 31.5 Å². The summed E-state index contributed by atoms with van der Waals surface area (Å²) < 4.78 is 25.9. The molecular weight excluding hydrogens is 278 g/mol. The number of rotatable bonds is 5. The van der Waals surface area contributed by atoms with Crippen molar-refractivity contribution in [1.29, 1.82) is 0 Å². The fourth-order valence-electron chi connectivity index (χ4n) is 1.48. The van der Waals surface area contributed by atoms with E-state index in [0.29, 0.717) is 0 Å². The van der Waals surface area contributed by atoms with Crippen LogP contribution in [0.25, 0.3) is 0 Å². The van der Waals surface area contributed by atoms with Crippen LogP contribution in [0.4, 0.5) is 0 Å². The van der Waals surface area contributed by atoms with Gasteiger partial charge in [-0.25, -0.2) is 17.9 Å². The van der Waals surface area contributed by atoms with Crippen LogP contribution in [0.2, 0.25) is 5.02 Å². The van der Waals surface area contributed by atoms with E-state index in [1.165, 1.54) is 18.2 Å². The minimum atomic E-state index is -3.56. The van der Waals surface area contributed by atoms with Crippen LogP contribution in [-0.4, -0.2) is 25.5 Å². The normalized spacial score (nSPS) is 11.8. The SMILES string of the molecule is CC(C)NS(=O)(=O)Cc1ccc(Cl)cc1C(=O)O. The smallest absolute Gasteiger partial charge is 0.336 e. The van der Waals surface area contributed by atoms with E-state index < -0.39 is 16.0 Å². The molecule has 0 aliphatic carbocycles. The molecule has 100 valence electrons. The van der Waals surface area contributed by atoms with Gasteiger partial charge in [0.25, 0.3) is 0 Å². The first kappa shape index (κ1) is 14.9. The highest BCUT2D eigenvalue weighted by Gasteiger charge is 2.18. The zero-order valence-electron chi connectivity index (χ0n) is 9.97. The van der Waals surface area contributed by atoms with Crippen LogP contribution in [0, 0.1) is 0 Å². The van der Waals surface area contributed by atoms with Gasteiger partial charge in [0.2, 0.25) is 10.0 Å². The van der Waals surface area contributed by atoms with Crippen molar-refractivity contribution >= 4 is 27.6 Å². The number of hydrogen-bond acceptors (Lipinski definition) is 3.